The fourth-order valence-corrected chi connectivity index (χ4v) is 9.03. The molecule has 5 atom stereocenters. The zero-order valence-electron chi connectivity index (χ0n) is 30.1. The Morgan fingerprint density at radius 3 is 2.45 bits per heavy atom. The van der Waals surface area contributed by atoms with Gasteiger partial charge in [-0.2, -0.15) is 0 Å². The van der Waals surface area contributed by atoms with E-state index in [1.165, 1.54) is 17.0 Å². The molecule has 2 saturated carbocycles. The van der Waals surface area contributed by atoms with E-state index in [1.54, 1.807) is 26.8 Å². The number of benzene rings is 1. The zero-order chi connectivity index (χ0) is 38.5. The summed E-state index contributed by atoms with van der Waals surface area (Å²) in [5.41, 5.74) is -1.65. The summed E-state index contributed by atoms with van der Waals surface area (Å²) >= 11 is 0. The minimum absolute atomic E-state index is 0.0604. The van der Waals surface area contributed by atoms with Crippen molar-refractivity contribution >= 4 is 39.8 Å². The molecular weight excluding hydrogens is 721 g/mol. The Bertz CT molecular complexity index is 1770. The lowest BCUT2D eigenvalue weighted by atomic mass is 9.93. The summed E-state index contributed by atoms with van der Waals surface area (Å²) in [5, 5.41) is 2.00. The van der Waals surface area contributed by atoms with Crippen LogP contribution in [0.15, 0.2) is 18.2 Å². The molecule has 2 N–H and O–H groups in total. The molecule has 1 aromatic carbocycles. The monoisotopic (exact) mass is 768 g/mol. The van der Waals surface area contributed by atoms with E-state index in [-0.39, 0.29) is 51.7 Å². The Kier molecular flexibility index (Phi) is 10.5. The van der Waals surface area contributed by atoms with E-state index in [0.29, 0.717) is 24.0 Å². The van der Waals surface area contributed by atoms with Gasteiger partial charge < -0.3 is 19.7 Å². The highest BCUT2D eigenvalue weighted by atomic mass is 32.2. The number of amides is 4. The number of hydrogen-bond acceptors (Lipinski definition) is 9. The first kappa shape index (κ1) is 38.8. The fraction of sp³-hybridized carbons (Fsp3) is 0.694. The predicted molar refractivity (Wildman–Crippen MR) is 182 cm³/mol. The van der Waals surface area contributed by atoms with Crippen LogP contribution in [-0.2, 0) is 51.8 Å². The Balaban J connectivity index is 1.27. The Labute approximate surface area is 306 Å². The number of carbonyl (C=O) groups excluding carboxylic acids is 5. The predicted octanol–water partition coefficient (Wildman–Crippen LogP) is 4.07. The minimum atomic E-state index is -4.00. The molecule has 3 heterocycles. The minimum Gasteiger partial charge on any atom is -0.460 e. The van der Waals surface area contributed by atoms with Gasteiger partial charge in [0.05, 0.1) is 24.8 Å². The van der Waals surface area contributed by atoms with Gasteiger partial charge in [-0.15, -0.1) is 0 Å². The number of fused-ring (bicyclic) bond motifs is 3. The average Bonchev–Trinajstić information content (AvgIpc) is 3.94. The van der Waals surface area contributed by atoms with E-state index < -0.39 is 118 Å². The van der Waals surface area contributed by atoms with Gasteiger partial charge >= 0.3 is 12.1 Å². The molecule has 0 unspecified atom stereocenters. The molecule has 0 radical (unpaired) electrons. The zero-order valence-corrected chi connectivity index (χ0v) is 30.9. The van der Waals surface area contributed by atoms with Crippen molar-refractivity contribution in [3.8, 4) is 0 Å². The van der Waals surface area contributed by atoms with Gasteiger partial charge in [0.15, 0.2) is 0 Å². The third-order valence-electron chi connectivity index (χ3n) is 10.7. The maximum Gasteiger partial charge on any atom is 0.410 e. The lowest BCUT2D eigenvalue weighted by Crippen LogP contribution is -2.57. The van der Waals surface area contributed by atoms with Gasteiger partial charge in [0.1, 0.15) is 29.1 Å². The standard InChI is InChI=1S/C36H47F3N4O9S/c1-34(2,3)52-29(44)15-21-12-14-35(38,39)13-5-4-8-23-17-36(23,32(47)41-53(49,50)25-10-11-25)40-30(45)28-16-24(19-43(28)31(21)46)51-33(48)42-18-22-7-6-9-27(37)26(22)20-42/h6-7,9,21,23-25,28H,4-5,8,10-20H2,1-3H3,(H,40,45)(H,41,47)/t21-,23-,24-,28+,36-/m1/s1. The summed E-state index contributed by atoms with van der Waals surface area (Å²) < 4.78 is 83.6. The summed E-state index contributed by atoms with van der Waals surface area (Å²) in [6, 6.07) is 3.12. The quantitative estimate of drug-likeness (QED) is 0.406. The summed E-state index contributed by atoms with van der Waals surface area (Å²) in [6.07, 6.45) is -2.84. The number of ether oxygens (including phenoxy) is 2. The maximum absolute atomic E-state index is 15.2. The summed E-state index contributed by atoms with van der Waals surface area (Å²) in [7, 11) is -4.00. The van der Waals surface area contributed by atoms with Crippen LogP contribution in [0, 0.1) is 17.7 Å². The van der Waals surface area contributed by atoms with Crippen molar-refractivity contribution < 1.29 is 55.0 Å². The van der Waals surface area contributed by atoms with Crippen LogP contribution in [0.5, 0.6) is 0 Å². The van der Waals surface area contributed by atoms with Crippen LogP contribution in [0.3, 0.4) is 0 Å². The van der Waals surface area contributed by atoms with Gasteiger partial charge in [-0.25, -0.2) is 26.4 Å². The van der Waals surface area contributed by atoms with Gasteiger partial charge in [-0.05, 0) is 76.8 Å². The lowest BCUT2D eigenvalue weighted by molar-refractivity contribution is -0.159. The number of halogens is 3. The van der Waals surface area contributed by atoms with E-state index in [9.17, 15) is 36.8 Å². The van der Waals surface area contributed by atoms with Crippen molar-refractivity contribution in [2.45, 2.75) is 139 Å². The topological polar surface area (TPSA) is 168 Å². The molecule has 6 rings (SSSR count). The molecule has 0 aromatic heterocycles. The molecule has 13 nitrogen and oxygen atoms in total. The van der Waals surface area contributed by atoms with E-state index in [2.05, 4.69) is 10.0 Å². The second kappa shape index (κ2) is 14.4. The lowest BCUT2D eigenvalue weighted by Gasteiger charge is -2.30. The Morgan fingerprint density at radius 2 is 1.77 bits per heavy atom. The normalized spacial score (nSPS) is 29.1. The molecule has 0 bridgehead atoms. The van der Waals surface area contributed by atoms with E-state index in [1.807, 2.05) is 0 Å². The molecule has 4 fully saturated rings. The second-order valence-electron chi connectivity index (χ2n) is 16.1. The van der Waals surface area contributed by atoms with Crippen LogP contribution in [0.4, 0.5) is 18.0 Å². The first-order chi connectivity index (χ1) is 24.8. The highest BCUT2D eigenvalue weighted by Crippen LogP contribution is 2.48. The molecule has 2 aliphatic carbocycles. The van der Waals surface area contributed by atoms with Crippen LogP contribution < -0.4 is 10.0 Å². The van der Waals surface area contributed by atoms with Gasteiger partial charge in [0.25, 0.3) is 5.91 Å². The number of nitrogens with one attached hydrogen (secondary N) is 2. The molecular formula is C36H47F3N4O9S. The Hall–Kier alpha value is -3.89. The molecule has 53 heavy (non-hydrogen) atoms. The van der Waals surface area contributed by atoms with Gasteiger partial charge in [0, 0.05) is 37.3 Å². The first-order valence-corrected chi connectivity index (χ1v) is 19.8. The second-order valence-corrected chi connectivity index (χ2v) is 18.1. The van der Waals surface area contributed by atoms with Crippen LogP contribution in [0.25, 0.3) is 0 Å². The van der Waals surface area contributed by atoms with Crippen molar-refractivity contribution in [2.24, 2.45) is 11.8 Å². The molecule has 292 valence electrons. The first-order valence-electron chi connectivity index (χ1n) is 18.3. The average molecular weight is 769 g/mol. The number of rotatable bonds is 6. The van der Waals surface area contributed by atoms with Crippen molar-refractivity contribution in [3.05, 3.63) is 35.1 Å². The van der Waals surface area contributed by atoms with Gasteiger partial charge in [-0.1, -0.05) is 18.6 Å². The number of hydrogen-bond donors (Lipinski definition) is 2. The molecule has 3 aliphatic heterocycles. The molecule has 2 saturated heterocycles. The number of carbonyl (C=O) groups is 5. The van der Waals surface area contributed by atoms with E-state index in [0.717, 1.165) is 4.90 Å². The third-order valence-corrected chi connectivity index (χ3v) is 12.6. The van der Waals surface area contributed by atoms with E-state index in [4.69, 9.17) is 9.47 Å². The van der Waals surface area contributed by atoms with Crippen molar-refractivity contribution in [3.63, 3.8) is 0 Å². The van der Waals surface area contributed by atoms with Crippen molar-refractivity contribution in [2.75, 3.05) is 6.54 Å². The number of esters is 1. The number of nitrogens with zero attached hydrogens (tertiary/aromatic N) is 2. The third kappa shape index (κ3) is 8.92. The maximum atomic E-state index is 15.2. The summed E-state index contributed by atoms with van der Waals surface area (Å²) in [5.74, 6) is -8.88. The highest BCUT2D eigenvalue weighted by molar-refractivity contribution is 7.91. The molecule has 0 spiro atoms. The van der Waals surface area contributed by atoms with Crippen LogP contribution in [0.1, 0.15) is 103 Å². The molecule has 17 heteroatoms. The van der Waals surface area contributed by atoms with Gasteiger partial charge in [-0.3, -0.25) is 28.8 Å². The number of alkyl halides is 2. The number of sulfonamides is 1. The van der Waals surface area contributed by atoms with E-state index >= 15 is 8.78 Å². The van der Waals surface area contributed by atoms with Crippen LogP contribution in [-0.4, -0.2) is 89.0 Å². The summed E-state index contributed by atoms with van der Waals surface area (Å²) in [4.78, 5) is 70.8. The smallest absolute Gasteiger partial charge is 0.410 e. The fourth-order valence-electron chi connectivity index (χ4n) is 7.67. The SMILES string of the molecule is CC(C)(C)OC(=O)C[C@H]1CCC(F)(F)CCCC[C@@H]2C[C@@]2(C(=O)NS(=O)(=O)C2CC2)NC(=O)[C@@H]2C[C@@H](OC(=O)N3Cc4cccc(F)c4C3)CN2C1=O. The van der Waals surface area contributed by atoms with Crippen molar-refractivity contribution in [1.29, 1.82) is 0 Å². The van der Waals surface area contributed by atoms with Gasteiger partial charge in [0.2, 0.25) is 27.8 Å². The molecule has 5 aliphatic rings. The van der Waals surface area contributed by atoms with Crippen molar-refractivity contribution in [1.82, 2.24) is 19.8 Å². The Morgan fingerprint density at radius 1 is 1.04 bits per heavy atom. The van der Waals surface area contributed by atoms with Crippen LogP contribution >= 0.6 is 0 Å². The molecule has 1 aromatic rings. The largest absolute Gasteiger partial charge is 0.460 e. The molecule has 4 amide bonds. The highest BCUT2D eigenvalue weighted by Gasteiger charge is 2.62. The van der Waals surface area contributed by atoms with Crippen LogP contribution in [0.2, 0.25) is 0 Å². The summed E-state index contributed by atoms with van der Waals surface area (Å²) in [6.45, 7) is 4.54.